The fourth-order valence-electron chi connectivity index (χ4n) is 2.22. The molecule has 104 valence electrons. The van der Waals surface area contributed by atoms with Crippen molar-refractivity contribution in [3.8, 4) is 0 Å². The summed E-state index contributed by atoms with van der Waals surface area (Å²) < 4.78 is 39.3. The van der Waals surface area contributed by atoms with Gasteiger partial charge in [-0.25, -0.2) is 23.1 Å². The van der Waals surface area contributed by atoms with Crippen LogP contribution in [-0.4, -0.2) is 28.8 Å². The third kappa shape index (κ3) is 2.65. The van der Waals surface area contributed by atoms with Gasteiger partial charge in [-0.1, -0.05) is 6.92 Å². The van der Waals surface area contributed by atoms with E-state index in [1.165, 1.54) is 6.92 Å². The summed E-state index contributed by atoms with van der Waals surface area (Å²) >= 11 is 5.56. The number of hydrogen-bond acceptors (Lipinski definition) is 3. The number of carbonyl (C=O) groups excluding carboxylic acids is 1. The second-order valence-corrected chi connectivity index (χ2v) is 4.79. The number of amides is 1. The number of carbonyl (C=O) groups is 1. The second kappa shape index (κ2) is 5.32. The topological polar surface area (TPSA) is 54.9 Å². The number of alkyl halides is 2. The minimum absolute atomic E-state index is 0.0655. The van der Waals surface area contributed by atoms with Crippen LogP contribution in [0.25, 0.3) is 0 Å². The van der Waals surface area contributed by atoms with E-state index < -0.39 is 35.9 Å². The molecule has 0 radical (unpaired) electrons. The fourth-order valence-corrected chi connectivity index (χ4v) is 2.36. The predicted octanol–water partition coefficient (Wildman–Crippen LogP) is 2.00. The highest BCUT2D eigenvalue weighted by atomic mass is 35.5. The van der Waals surface area contributed by atoms with Gasteiger partial charge in [-0.2, -0.15) is 0 Å². The van der Waals surface area contributed by atoms with E-state index in [-0.39, 0.29) is 17.5 Å². The zero-order chi connectivity index (χ0) is 14.2. The summed E-state index contributed by atoms with van der Waals surface area (Å²) in [6, 6.07) is 0. The van der Waals surface area contributed by atoms with Crippen molar-refractivity contribution in [1.82, 2.24) is 15.3 Å². The highest BCUT2D eigenvalue weighted by molar-refractivity contribution is 6.28. The van der Waals surface area contributed by atoms with Crippen molar-refractivity contribution in [2.75, 3.05) is 6.54 Å². The maximum Gasteiger partial charge on any atom is 0.241 e. The van der Waals surface area contributed by atoms with Crippen LogP contribution in [0.4, 0.5) is 13.2 Å². The smallest absolute Gasteiger partial charge is 0.241 e. The van der Waals surface area contributed by atoms with Crippen molar-refractivity contribution in [2.24, 2.45) is 11.8 Å². The van der Waals surface area contributed by atoms with Gasteiger partial charge in [0.15, 0.2) is 5.82 Å². The maximum atomic E-state index is 13.7. The molecule has 1 fully saturated rings. The summed E-state index contributed by atoms with van der Waals surface area (Å²) in [5, 5.41) is 2.24. The Bertz CT molecular complexity index is 500. The molecule has 3 atom stereocenters. The third-order valence-electron chi connectivity index (χ3n) is 3.33. The van der Waals surface area contributed by atoms with E-state index >= 15 is 0 Å². The molecular formula is C11H11ClF3N3O. The summed E-state index contributed by atoms with van der Waals surface area (Å²) in [6.07, 6.45) is -1.76. The van der Waals surface area contributed by atoms with Gasteiger partial charge >= 0.3 is 0 Å². The number of aromatic nitrogens is 2. The Morgan fingerprint density at radius 2 is 2.21 bits per heavy atom. The molecule has 0 bridgehead atoms. The molecule has 1 aliphatic heterocycles. The van der Waals surface area contributed by atoms with Crippen LogP contribution in [0.3, 0.4) is 0 Å². The van der Waals surface area contributed by atoms with E-state index in [4.69, 9.17) is 11.6 Å². The molecule has 0 aromatic carbocycles. The minimum Gasteiger partial charge on any atom is -0.355 e. The first-order valence-corrected chi connectivity index (χ1v) is 6.03. The summed E-state index contributed by atoms with van der Waals surface area (Å²) in [4.78, 5) is 18.9. The molecule has 19 heavy (non-hydrogen) atoms. The monoisotopic (exact) mass is 293 g/mol. The van der Waals surface area contributed by atoms with E-state index in [2.05, 4.69) is 15.3 Å². The number of halogens is 4. The quantitative estimate of drug-likeness (QED) is 0.867. The lowest BCUT2D eigenvalue weighted by Gasteiger charge is -2.22. The molecule has 2 heterocycles. The van der Waals surface area contributed by atoms with Gasteiger partial charge < -0.3 is 5.32 Å². The van der Waals surface area contributed by atoms with Crippen LogP contribution in [-0.2, 0) is 4.79 Å². The van der Waals surface area contributed by atoms with Gasteiger partial charge in [0.25, 0.3) is 0 Å². The van der Waals surface area contributed by atoms with E-state index in [0.29, 0.717) is 0 Å². The van der Waals surface area contributed by atoms with Crippen LogP contribution in [0.1, 0.15) is 18.5 Å². The molecule has 1 saturated heterocycles. The maximum absolute atomic E-state index is 13.7. The van der Waals surface area contributed by atoms with Gasteiger partial charge in [0.05, 0.1) is 17.8 Å². The van der Waals surface area contributed by atoms with E-state index in [9.17, 15) is 18.0 Å². The Balaban J connectivity index is 2.39. The Labute approximate surface area is 112 Å². The van der Waals surface area contributed by atoms with Crippen molar-refractivity contribution in [2.45, 2.75) is 19.3 Å². The van der Waals surface area contributed by atoms with Crippen molar-refractivity contribution in [1.29, 1.82) is 0 Å². The van der Waals surface area contributed by atoms with Crippen LogP contribution in [0, 0.1) is 17.7 Å². The van der Waals surface area contributed by atoms with Gasteiger partial charge in [0, 0.05) is 18.4 Å². The number of nitrogens with zero attached hydrogens (tertiary/aromatic N) is 2. The first-order chi connectivity index (χ1) is 8.91. The van der Waals surface area contributed by atoms with Gasteiger partial charge in [-0.15, -0.1) is 0 Å². The SMILES string of the molecule is C[C@@H](C(F)F)C1CNC(=O)[C@@H]1c1nc(Cl)ncc1F. The molecule has 1 aliphatic rings. The zero-order valence-electron chi connectivity index (χ0n) is 9.91. The van der Waals surface area contributed by atoms with E-state index in [1.807, 2.05) is 0 Å². The highest BCUT2D eigenvalue weighted by Gasteiger charge is 2.44. The van der Waals surface area contributed by atoms with Gasteiger partial charge in [0.2, 0.25) is 17.6 Å². The van der Waals surface area contributed by atoms with Gasteiger partial charge in [-0.05, 0) is 11.6 Å². The largest absolute Gasteiger partial charge is 0.355 e. The Kier molecular flexibility index (Phi) is 3.93. The van der Waals surface area contributed by atoms with E-state index in [1.54, 1.807) is 0 Å². The summed E-state index contributed by atoms with van der Waals surface area (Å²) in [6.45, 7) is 1.39. The van der Waals surface area contributed by atoms with Crippen LogP contribution in [0.2, 0.25) is 5.28 Å². The Morgan fingerprint density at radius 1 is 1.53 bits per heavy atom. The van der Waals surface area contributed by atoms with Crippen LogP contribution in [0.5, 0.6) is 0 Å². The molecule has 1 amide bonds. The van der Waals surface area contributed by atoms with E-state index in [0.717, 1.165) is 6.20 Å². The molecule has 1 aromatic rings. The lowest BCUT2D eigenvalue weighted by molar-refractivity contribution is -0.121. The summed E-state index contributed by atoms with van der Waals surface area (Å²) in [5.74, 6) is -4.20. The highest BCUT2D eigenvalue weighted by Crippen LogP contribution is 2.36. The Morgan fingerprint density at radius 3 is 2.84 bits per heavy atom. The molecule has 4 nitrogen and oxygen atoms in total. The summed E-state index contributed by atoms with van der Waals surface area (Å²) in [7, 11) is 0. The average Bonchev–Trinajstić information content (AvgIpc) is 2.73. The standard InChI is InChI=1S/C11H11ClF3N3O/c1-4(9(14)15)5-2-16-10(19)7(5)8-6(13)3-17-11(12)18-8/h3-5,7,9H,2H2,1H3,(H,16,19)/t4-,5?,7+/m1/s1. The predicted molar refractivity (Wildman–Crippen MR) is 61.4 cm³/mol. The Hall–Kier alpha value is -1.37. The first-order valence-electron chi connectivity index (χ1n) is 5.65. The summed E-state index contributed by atoms with van der Waals surface area (Å²) in [5.41, 5.74) is -0.229. The van der Waals surface area contributed by atoms with Crippen molar-refractivity contribution < 1.29 is 18.0 Å². The zero-order valence-corrected chi connectivity index (χ0v) is 10.7. The molecule has 0 aliphatic carbocycles. The van der Waals surface area contributed by atoms with Gasteiger partial charge in [-0.3, -0.25) is 4.79 Å². The third-order valence-corrected chi connectivity index (χ3v) is 3.51. The van der Waals surface area contributed by atoms with Crippen molar-refractivity contribution >= 4 is 17.5 Å². The molecule has 0 spiro atoms. The van der Waals surface area contributed by atoms with Crippen LogP contribution in [0.15, 0.2) is 6.20 Å². The molecule has 1 N–H and O–H groups in total. The van der Waals surface area contributed by atoms with Crippen LogP contribution >= 0.6 is 11.6 Å². The fraction of sp³-hybridized carbons (Fsp3) is 0.545. The molecule has 1 unspecified atom stereocenters. The number of hydrogen-bond donors (Lipinski definition) is 1. The van der Waals surface area contributed by atoms with Crippen LogP contribution < -0.4 is 5.32 Å². The number of nitrogens with one attached hydrogen (secondary N) is 1. The lowest BCUT2D eigenvalue weighted by atomic mass is 9.83. The molecule has 2 rings (SSSR count). The van der Waals surface area contributed by atoms with Crippen molar-refractivity contribution in [3.63, 3.8) is 0 Å². The average molecular weight is 294 g/mol. The lowest BCUT2D eigenvalue weighted by Crippen LogP contribution is -2.27. The second-order valence-electron chi connectivity index (χ2n) is 4.45. The normalized spacial score (nSPS) is 24.6. The molecule has 0 saturated carbocycles. The van der Waals surface area contributed by atoms with Gasteiger partial charge in [0.1, 0.15) is 0 Å². The first kappa shape index (κ1) is 14.0. The minimum atomic E-state index is -2.60. The molecule has 1 aromatic heterocycles. The molecule has 8 heteroatoms. The van der Waals surface area contributed by atoms with Crippen molar-refractivity contribution in [3.05, 3.63) is 23.0 Å². The molecular weight excluding hydrogens is 283 g/mol. The number of rotatable bonds is 3.